The van der Waals surface area contributed by atoms with Gasteiger partial charge in [0.05, 0.1) is 19.3 Å². The molecule has 0 radical (unpaired) electrons. The van der Waals surface area contributed by atoms with Gasteiger partial charge in [-0.2, -0.15) is 0 Å². The quantitative estimate of drug-likeness (QED) is 0.893. The van der Waals surface area contributed by atoms with Crippen LogP contribution in [0.15, 0.2) is 36.4 Å². The Labute approximate surface area is 108 Å². The Morgan fingerprint density at radius 2 is 1.83 bits per heavy atom. The number of aryl methyl sites for hydroxylation is 2. The second-order valence-corrected chi connectivity index (χ2v) is 4.36. The normalized spacial score (nSPS) is 10.2. The van der Waals surface area contributed by atoms with Crippen molar-refractivity contribution >= 4 is 5.69 Å². The van der Waals surface area contributed by atoms with Crippen molar-refractivity contribution in [2.45, 2.75) is 20.4 Å². The van der Waals surface area contributed by atoms with Gasteiger partial charge in [0, 0.05) is 23.5 Å². The lowest BCUT2D eigenvalue weighted by atomic mass is 10.2. The molecule has 0 aliphatic rings. The minimum absolute atomic E-state index is 0.696. The van der Waals surface area contributed by atoms with Gasteiger partial charge < -0.3 is 10.1 Å². The van der Waals surface area contributed by atoms with Gasteiger partial charge in [0.15, 0.2) is 0 Å². The van der Waals surface area contributed by atoms with E-state index in [-0.39, 0.29) is 0 Å². The zero-order valence-electron chi connectivity index (χ0n) is 11.0. The summed E-state index contributed by atoms with van der Waals surface area (Å²) in [6.45, 7) is 4.75. The number of methoxy groups -OCH3 is 1. The second-order valence-electron chi connectivity index (χ2n) is 4.36. The van der Waals surface area contributed by atoms with Gasteiger partial charge in [-0.3, -0.25) is 4.98 Å². The van der Waals surface area contributed by atoms with E-state index in [9.17, 15) is 0 Å². The van der Waals surface area contributed by atoms with Crippen molar-refractivity contribution in [2.75, 3.05) is 12.4 Å². The van der Waals surface area contributed by atoms with Gasteiger partial charge in [-0.25, -0.2) is 0 Å². The standard InChI is InChI=1S/C15H18N2O/c1-11-4-6-13(7-5-11)16-10-14-9-15(18-3)8-12(2)17-14/h4-9,16H,10H2,1-3H3. The van der Waals surface area contributed by atoms with Crippen LogP contribution >= 0.6 is 0 Å². The lowest BCUT2D eigenvalue weighted by Crippen LogP contribution is -2.03. The summed E-state index contributed by atoms with van der Waals surface area (Å²) in [5.41, 5.74) is 4.31. The highest BCUT2D eigenvalue weighted by atomic mass is 16.5. The molecule has 0 fully saturated rings. The molecule has 0 saturated carbocycles. The maximum atomic E-state index is 5.24. The number of benzene rings is 1. The highest BCUT2D eigenvalue weighted by Gasteiger charge is 2.00. The fraction of sp³-hybridized carbons (Fsp3) is 0.267. The van der Waals surface area contributed by atoms with Crippen LogP contribution < -0.4 is 10.1 Å². The molecular formula is C15H18N2O. The third-order valence-electron chi connectivity index (χ3n) is 2.74. The number of aromatic nitrogens is 1. The Hall–Kier alpha value is -2.03. The van der Waals surface area contributed by atoms with Crippen LogP contribution in [-0.2, 0) is 6.54 Å². The lowest BCUT2D eigenvalue weighted by molar-refractivity contribution is 0.413. The van der Waals surface area contributed by atoms with Crippen molar-refractivity contribution in [3.8, 4) is 5.75 Å². The number of pyridine rings is 1. The number of ether oxygens (including phenoxy) is 1. The van der Waals surface area contributed by atoms with E-state index < -0.39 is 0 Å². The van der Waals surface area contributed by atoms with E-state index >= 15 is 0 Å². The molecule has 0 aliphatic carbocycles. The zero-order valence-corrected chi connectivity index (χ0v) is 11.0. The van der Waals surface area contributed by atoms with Gasteiger partial charge in [0.25, 0.3) is 0 Å². The largest absolute Gasteiger partial charge is 0.497 e. The second kappa shape index (κ2) is 5.54. The molecule has 0 atom stereocenters. The number of nitrogens with one attached hydrogen (secondary N) is 1. The van der Waals surface area contributed by atoms with Crippen LogP contribution in [0.5, 0.6) is 5.75 Å². The van der Waals surface area contributed by atoms with Crippen LogP contribution in [0, 0.1) is 13.8 Å². The first-order valence-electron chi connectivity index (χ1n) is 5.99. The van der Waals surface area contributed by atoms with E-state index in [1.807, 2.05) is 19.1 Å². The molecule has 18 heavy (non-hydrogen) atoms. The Balaban J connectivity index is 2.05. The third kappa shape index (κ3) is 3.23. The van der Waals surface area contributed by atoms with E-state index in [1.54, 1.807) is 7.11 Å². The van der Waals surface area contributed by atoms with Gasteiger partial charge in [-0.05, 0) is 26.0 Å². The summed E-state index contributed by atoms with van der Waals surface area (Å²) in [7, 11) is 1.67. The van der Waals surface area contributed by atoms with Crippen molar-refractivity contribution in [2.24, 2.45) is 0 Å². The first-order valence-corrected chi connectivity index (χ1v) is 5.99. The topological polar surface area (TPSA) is 34.1 Å². The summed E-state index contributed by atoms with van der Waals surface area (Å²) in [6, 6.07) is 12.2. The lowest BCUT2D eigenvalue weighted by Gasteiger charge is -2.08. The number of nitrogens with zero attached hydrogens (tertiary/aromatic N) is 1. The molecule has 0 amide bonds. The van der Waals surface area contributed by atoms with Crippen LogP contribution in [-0.4, -0.2) is 12.1 Å². The summed E-state index contributed by atoms with van der Waals surface area (Å²) < 4.78 is 5.24. The van der Waals surface area contributed by atoms with Gasteiger partial charge in [0.1, 0.15) is 5.75 Å². The van der Waals surface area contributed by atoms with Crippen LogP contribution in [0.3, 0.4) is 0 Å². The molecule has 1 aromatic carbocycles. The van der Waals surface area contributed by atoms with Gasteiger partial charge in [-0.1, -0.05) is 17.7 Å². The van der Waals surface area contributed by atoms with E-state index in [0.717, 1.165) is 22.8 Å². The average molecular weight is 242 g/mol. The van der Waals surface area contributed by atoms with Crippen LogP contribution in [0.4, 0.5) is 5.69 Å². The summed E-state index contributed by atoms with van der Waals surface area (Å²) >= 11 is 0. The molecule has 3 nitrogen and oxygen atoms in total. The van der Waals surface area contributed by atoms with Gasteiger partial charge >= 0.3 is 0 Å². The minimum Gasteiger partial charge on any atom is -0.497 e. The number of rotatable bonds is 4. The zero-order chi connectivity index (χ0) is 13.0. The average Bonchev–Trinajstić information content (AvgIpc) is 2.37. The molecule has 0 spiro atoms. The SMILES string of the molecule is COc1cc(C)nc(CNc2ccc(C)cc2)c1. The predicted octanol–water partition coefficient (Wildman–Crippen LogP) is 3.32. The Kier molecular flexibility index (Phi) is 3.82. The van der Waals surface area contributed by atoms with E-state index in [0.29, 0.717) is 6.54 Å². The number of hydrogen-bond acceptors (Lipinski definition) is 3. The maximum Gasteiger partial charge on any atom is 0.122 e. The molecule has 1 N–H and O–H groups in total. The molecule has 2 rings (SSSR count). The van der Waals surface area contributed by atoms with Gasteiger partial charge in [0.2, 0.25) is 0 Å². The van der Waals surface area contributed by atoms with Gasteiger partial charge in [-0.15, -0.1) is 0 Å². The van der Waals surface area contributed by atoms with Crippen molar-refractivity contribution < 1.29 is 4.74 Å². The molecule has 1 aromatic heterocycles. The fourth-order valence-corrected chi connectivity index (χ4v) is 1.78. The molecule has 3 heteroatoms. The van der Waals surface area contributed by atoms with E-state index in [4.69, 9.17) is 4.74 Å². The van der Waals surface area contributed by atoms with E-state index in [2.05, 4.69) is 41.5 Å². The van der Waals surface area contributed by atoms with Crippen LogP contribution in [0.25, 0.3) is 0 Å². The van der Waals surface area contributed by atoms with Crippen molar-refractivity contribution in [1.29, 1.82) is 0 Å². The highest BCUT2D eigenvalue weighted by Crippen LogP contribution is 2.15. The summed E-state index contributed by atoms with van der Waals surface area (Å²) in [6.07, 6.45) is 0. The van der Waals surface area contributed by atoms with Crippen LogP contribution in [0.2, 0.25) is 0 Å². The van der Waals surface area contributed by atoms with Crippen molar-refractivity contribution in [1.82, 2.24) is 4.98 Å². The molecule has 0 saturated heterocycles. The third-order valence-corrected chi connectivity index (χ3v) is 2.74. The molecular weight excluding hydrogens is 224 g/mol. The molecule has 1 heterocycles. The number of anilines is 1. The van der Waals surface area contributed by atoms with Crippen molar-refractivity contribution in [3.63, 3.8) is 0 Å². The van der Waals surface area contributed by atoms with E-state index in [1.165, 1.54) is 5.56 Å². The minimum atomic E-state index is 0.696. The van der Waals surface area contributed by atoms with Crippen LogP contribution in [0.1, 0.15) is 17.0 Å². The summed E-state index contributed by atoms with van der Waals surface area (Å²) in [5, 5.41) is 3.35. The maximum absolute atomic E-state index is 5.24. The molecule has 2 aromatic rings. The molecule has 0 bridgehead atoms. The Morgan fingerprint density at radius 3 is 2.50 bits per heavy atom. The molecule has 0 unspecified atom stereocenters. The Morgan fingerprint density at radius 1 is 1.11 bits per heavy atom. The smallest absolute Gasteiger partial charge is 0.122 e. The highest BCUT2D eigenvalue weighted by molar-refractivity contribution is 5.44. The molecule has 0 aliphatic heterocycles. The monoisotopic (exact) mass is 242 g/mol. The molecule has 94 valence electrons. The Bertz CT molecular complexity index is 521. The summed E-state index contributed by atoms with van der Waals surface area (Å²) in [5.74, 6) is 0.850. The number of hydrogen-bond donors (Lipinski definition) is 1. The predicted molar refractivity (Wildman–Crippen MR) is 74.0 cm³/mol. The summed E-state index contributed by atoms with van der Waals surface area (Å²) in [4.78, 5) is 4.47. The first-order chi connectivity index (χ1) is 8.67. The fourth-order valence-electron chi connectivity index (χ4n) is 1.78. The van der Waals surface area contributed by atoms with Crippen molar-refractivity contribution in [3.05, 3.63) is 53.3 Å². The first kappa shape index (κ1) is 12.4.